The first kappa shape index (κ1) is 7.28. The van der Waals surface area contributed by atoms with Crippen LogP contribution in [0.15, 0.2) is 23.5 Å². The van der Waals surface area contributed by atoms with Gasteiger partial charge in [-0.1, -0.05) is 0 Å². The summed E-state index contributed by atoms with van der Waals surface area (Å²) < 4.78 is 5.34. The van der Waals surface area contributed by atoms with Crippen LogP contribution in [0.3, 0.4) is 0 Å². The van der Waals surface area contributed by atoms with Crippen molar-refractivity contribution in [3.63, 3.8) is 0 Å². The van der Waals surface area contributed by atoms with Crippen molar-refractivity contribution in [3.8, 4) is 0 Å². The molecular weight excluding hydrogens is 152 g/mol. The zero-order valence-electron chi connectivity index (χ0n) is 6.95. The lowest BCUT2D eigenvalue weighted by Gasteiger charge is -2.03. The van der Waals surface area contributed by atoms with Crippen LogP contribution in [-0.4, -0.2) is 24.0 Å². The first-order chi connectivity index (χ1) is 5.88. The Labute approximate surface area is 71.1 Å². The van der Waals surface area contributed by atoms with E-state index < -0.39 is 0 Å². The molecule has 1 aromatic rings. The number of aryl methyl sites for hydroxylation is 1. The lowest BCUT2D eigenvalue weighted by molar-refractivity contribution is 0.348. The molecule has 0 bridgehead atoms. The molecule has 0 saturated carbocycles. The van der Waals surface area contributed by atoms with Gasteiger partial charge in [0.2, 0.25) is 5.90 Å². The van der Waals surface area contributed by atoms with E-state index in [1.807, 2.05) is 19.2 Å². The summed E-state index contributed by atoms with van der Waals surface area (Å²) >= 11 is 0. The molecule has 0 spiro atoms. The molecular formula is C9H10N2O. The SMILES string of the molecule is Cc1cnccc1C1=NCCO1. The maximum atomic E-state index is 5.34. The van der Waals surface area contributed by atoms with Crippen LogP contribution in [-0.2, 0) is 4.74 Å². The van der Waals surface area contributed by atoms with E-state index in [1.54, 1.807) is 6.20 Å². The third-order valence-corrected chi connectivity index (χ3v) is 1.84. The van der Waals surface area contributed by atoms with Crippen LogP contribution < -0.4 is 0 Å². The standard InChI is InChI=1S/C9H10N2O/c1-7-6-10-3-2-8(7)9-11-4-5-12-9/h2-3,6H,4-5H2,1H3. The molecule has 62 valence electrons. The Kier molecular flexibility index (Phi) is 1.78. The average molecular weight is 162 g/mol. The lowest BCUT2D eigenvalue weighted by Crippen LogP contribution is -2.03. The Balaban J connectivity index is 2.39. The van der Waals surface area contributed by atoms with E-state index >= 15 is 0 Å². The van der Waals surface area contributed by atoms with Crippen molar-refractivity contribution >= 4 is 5.90 Å². The summed E-state index contributed by atoms with van der Waals surface area (Å²) in [6.45, 7) is 3.49. The van der Waals surface area contributed by atoms with E-state index in [4.69, 9.17) is 4.74 Å². The molecule has 0 aromatic carbocycles. The van der Waals surface area contributed by atoms with Gasteiger partial charge in [0.15, 0.2) is 0 Å². The second-order valence-electron chi connectivity index (χ2n) is 2.73. The number of hydrogen-bond acceptors (Lipinski definition) is 3. The molecule has 3 nitrogen and oxygen atoms in total. The molecule has 1 aromatic heterocycles. The minimum atomic E-state index is 0.705. The number of pyridine rings is 1. The maximum Gasteiger partial charge on any atom is 0.216 e. The minimum Gasteiger partial charge on any atom is -0.476 e. The van der Waals surface area contributed by atoms with Gasteiger partial charge < -0.3 is 4.74 Å². The van der Waals surface area contributed by atoms with Crippen LogP contribution in [0, 0.1) is 6.92 Å². The Bertz CT molecular complexity index is 320. The summed E-state index contributed by atoms with van der Waals surface area (Å²) in [5.74, 6) is 0.759. The molecule has 1 aliphatic rings. The highest BCUT2D eigenvalue weighted by Gasteiger charge is 2.11. The summed E-state index contributed by atoms with van der Waals surface area (Å²) in [7, 11) is 0. The molecule has 0 unspecified atom stereocenters. The fraction of sp³-hybridized carbons (Fsp3) is 0.333. The topological polar surface area (TPSA) is 34.5 Å². The fourth-order valence-corrected chi connectivity index (χ4v) is 1.21. The molecule has 0 fully saturated rings. The third kappa shape index (κ3) is 1.18. The van der Waals surface area contributed by atoms with Crippen molar-refractivity contribution in [1.29, 1.82) is 0 Å². The summed E-state index contributed by atoms with van der Waals surface area (Å²) in [6.07, 6.45) is 3.58. The van der Waals surface area contributed by atoms with Gasteiger partial charge in [0.25, 0.3) is 0 Å². The number of nitrogens with zero attached hydrogens (tertiary/aromatic N) is 2. The molecule has 0 aliphatic carbocycles. The van der Waals surface area contributed by atoms with E-state index in [1.165, 1.54) is 0 Å². The molecule has 0 radical (unpaired) electrons. The second kappa shape index (κ2) is 2.93. The highest BCUT2D eigenvalue weighted by atomic mass is 16.5. The van der Waals surface area contributed by atoms with Gasteiger partial charge in [-0.2, -0.15) is 0 Å². The van der Waals surface area contributed by atoms with Gasteiger partial charge in [0.1, 0.15) is 6.61 Å². The monoisotopic (exact) mass is 162 g/mol. The van der Waals surface area contributed by atoms with E-state index in [0.717, 1.165) is 23.6 Å². The minimum absolute atomic E-state index is 0.705. The van der Waals surface area contributed by atoms with Crippen molar-refractivity contribution in [1.82, 2.24) is 4.98 Å². The highest BCUT2D eigenvalue weighted by molar-refractivity contribution is 5.96. The Hall–Kier alpha value is -1.38. The summed E-state index contributed by atoms with van der Waals surface area (Å²) in [5.41, 5.74) is 2.17. The number of aliphatic imine (C=N–C) groups is 1. The van der Waals surface area contributed by atoms with Gasteiger partial charge in [-0.15, -0.1) is 0 Å². The van der Waals surface area contributed by atoms with Crippen LogP contribution in [0.25, 0.3) is 0 Å². The fourth-order valence-electron chi connectivity index (χ4n) is 1.21. The number of aromatic nitrogens is 1. The molecule has 2 heterocycles. The lowest BCUT2D eigenvalue weighted by atomic mass is 10.1. The number of rotatable bonds is 1. The molecule has 0 atom stereocenters. The average Bonchev–Trinajstić information content (AvgIpc) is 2.57. The van der Waals surface area contributed by atoms with Crippen molar-refractivity contribution in [2.75, 3.05) is 13.2 Å². The van der Waals surface area contributed by atoms with Gasteiger partial charge in [-0.05, 0) is 18.6 Å². The van der Waals surface area contributed by atoms with Gasteiger partial charge in [-0.3, -0.25) is 4.98 Å². The molecule has 1 aliphatic heterocycles. The quantitative estimate of drug-likeness (QED) is 0.621. The smallest absolute Gasteiger partial charge is 0.216 e. The largest absolute Gasteiger partial charge is 0.476 e. The van der Waals surface area contributed by atoms with Crippen molar-refractivity contribution < 1.29 is 4.74 Å². The third-order valence-electron chi connectivity index (χ3n) is 1.84. The normalized spacial score (nSPS) is 15.6. The second-order valence-corrected chi connectivity index (χ2v) is 2.73. The van der Waals surface area contributed by atoms with Gasteiger partial charge >= 0.3 is 0 Å². The first-order valence-corrected chi connectivity index (χ1v) is 3.96. The van der Waals surface area contributed by atoms with E-state index in [2.05, 4.69) is 9.98 Å². The molecule has 0 amide bonds. The van der Waals surface area contributed by atoms with Crippen LogP contribution in [0.2, 0.25) is 0 Å². The zero-order valence-corrected chi connectivity index (χ0v) is 6.95. The van der Waals surface area contributed by atoms with E-state index in [0.29, 0.717) is 6.61 Å². The Morgan fingerprint density at radius 2 is 2.42 bits per heavy atom. The molecule has 0 N–H and O–H groups in total. The van der Waals surface area contributed by atoms with Crippen molar-refractivity contribution in [3.05, 3.63) is 29.6 Å². The van der Waals surface area contributed by atoms with Gasteiger partial charge in [-0.25, -0.2) is 4.99 Å². The maximum absolute atomic E-state index is 5.34. The summed E-state index contributed by atoms with van der Waals surface area (Å²) in [5, 5.41) is 0. The van der Waals surface area contributed by atoms with E-state index in [9.17, 15) is 0 Å². The van der Waals surface area contributed by atoms with Gasteiger partial charge in [0, 0.05) is 18.0 Å². The van der Waals surface area contributed by atoms with Crippen LogP contribution >= 0.6 is 0 Å². The molecule has 0 saturated heterocycles. The number of ether oxygens (including phenoxy) is 1. The Morgan fingerprint density at radius 1 is 1.50 bits per heavy atom. The van der Waals surface area contributed by atoms with E-state index in [-0.39, 0.29) is 0 Å². The molecule has 12 heavy (non-hydrogen) atoms. The highest BCUT2D eigenvalue weighted by Crippen LogP contribution is 2.10. The van der Waals surface area contributed by atoms with Crippen molar-refractivity contribution in [2.45, 2.75) is 6.92 Å². The van der Waals surface area contributed by atoms with Crippen LogP contribution in [0.5, 0.6) is 0 Å². The predicted molar refractivity (Wildman–Crippen MR) is 46.3 cm³/mol. The van der Waals surface area contributed by atoms with Crippen LogP contribution in [0.4, 0.5) is 0 Å². The number of hydrogen-bond donors (Lipinski definition) is 0. The van der Waals surface area contributed by atoms with Crippen molar-refractivity contribution in [2.24, 2.45) is 4.99 Å². The zero-order chi connectivity index (χ0) is 8.39. The summed E-state index contributed by atoms with van der Waals surface area (Å²) in [6, 6.07) is 1.93. The van der Waals surface area contributed by atoms with Crippen LogP contribution in [0.1, 0.15) is 11.1 Å². The predicted octanol–water partition coefficient (Wildman–Crippen LogP) is 1.17. The Morgan fingerprint density at radius 3 is 3.08 bits per heavy atom. The first-order valence-electron chi connectivity index (χ1n) is 3.96. The molecule has 2 rings (SSSR count). The summed E-state index contributed by atoms with van der Waals surface area (Å²) in [4.78, 5) is 8.24. The van der Waals surface area contributed by atoms with Gasteiger partial charge in [0.05, 0.1) is 6.54 Å². The molecule has 3 heteroatoms.